The number of nitrogen functional groups attached to an aromatic ring is 1. The summed E-state index contributed by atoms with van der Waals surface area (Å²) in [7, 11) is 0. The minimum atomic E-state index is -0.963. The monoisotopic (exact) mass is 302 g/mol. The molecule has 2 aromatic rings. The average Bonchev–Trinajstić information content (AvgIpc) is 2.51. The van der Waals surface area contributed by atoms with Gasteiger partial charge in [-0.25, -0.2) is 4.98 Å². The summed E-state index contributed by atoms with van der Waals surface area (Å²) in [5.74, 6) is 0.740. The Morgan fingerprint density at radius 3 is 2.86 bits per heavy atom. The Balaban J connectivity index is 2.42. The number of aromatic nitrogens is 1. The number of anilines is 1. The molecule has 1 aromatic carbocycles. The number of benzene rings is 1. The van der Waals surface area contributed by atoms with Gasteiger partial charge < -0.3 is 31.8 Å². The van der Waals surface area contributed by atoms with Crippen LogP contribution in [0.4, 0.5) is 5.82 Å². The molecule has 1 unspecified atom stereocenters. The number of aliphatic hydroxyl groups excluding tert-OH is 2. The van der Waals surface area contributed by atoms with E-state index in [9.17, 15) is 5.11 Å². The Morgan fingerprint density at radius 1 is 1.41 bits per heavy atom. The molecule has 7 heteroatoms. The van der Waals surface area contributed by atoms with Crippen LogP contribution in [0.1, 0.15) is 5.56 Å². The van der Waals surface area contributed by atoms with Crippen molar-refractivity contribution in [3.05, 3.63) is 35.9 Å². The summed E-state index contributed by atoms with van der Waals surface area (Å²) in [6, 6.07) is 6.87. The third-order valence-electron chi connectivity index (χ3n) is 3.03. The van der Waals surface area contributed by atoms with E-state index in [-0.39, 0.29) is 19.0 Å². The number of allylic oxidation sites excluding steroid dienone is 1. The van der Waals surface area contributed by atoms with Crippen LogP contribution in [0.15, 0.2) is 30.3 Å². The van der Waals surface area contributed by atoms with Gasteiger partial charge in [0.2, 0.25) is 0 Å². The first-order valence-corrected chi connectivity index (χ1v) is 6.63. The van der Waals surface area contributed by atoms with Gasteiger partial charge in [0.1, 0.15) is 24.3 Å². The van der Waals surface area contributed by atoms with Gasteiger partial charge in [0.05, 0.1) is 12.1 Å². The molecule has 0 amide bonds. The Labute approximate surface area is 127 Å². The van der Waals surface area contributed by atoms with E-state index in [1.165, 1.54) is 6.08 Å². The Bertz CT molecular complexity index is 715. The lowest BCUT2D eigenvalue weighted by atomic mass is 10.1. The van der Waals surface area contributed by atoms with Crippen LogP contribution in [0.2, 0.25) is 0 Å². The molecule has 1 heterocycles. The van der Waals surface area contributed by atoms with Crippen molar-refractivity contribution in [2.45, 2.75) is 6.10 Å². The number of rotatable bonds is 6. The van der Waals surface area contributed by atoms with Crippen molar-refractivity contribution in [2.24, 2.45) is 5.73 Å². The topological polar surface area (TPSA) is 138 Å². The zero-order chi connectivity index (χ0) is 16.1. The summed E-state index contributed by atoms with van der Waals surface area (Å²) >= 11 is 0. The van der Waals surface area contributed by atoms with Gasteiger partial charge in [-0.05, 0) is 23.8 Å². The largest absolute Gasteiger partial charge is 0.490 e. The fraction of sp³-hybridized carbons (Fsp3) is 0.200. The number of hydrogen-bond donors (Lipinski definition) is 5. The molecule has 2 rings (SSSR count). The molecular weight excluding hydrogens is 284 g/mol. The predicted octanol–water partition coefficient (Wildman–Crippen LogP) is 0.498. The average molecular weight is 302 g/mol. The standard InChI is InChI=1S/C15H18N4O3/c16-4-3-12(17)9-1-2-11-13(5-9)19-15(18)6-14(11)22-8-10(21)7-20/h1-6,10,16,20-21H,7-8,17H2,(H2,18,19)/b12-3-,16-4?. The molecule has 0 saturated heterocycles. The number of ether oxygens (including phenoxy) is 1. The molecular formula is C15H18N4O3. The number of nitrogens with two attached hydrogens (primary N) is 2. The van der Waals surface area contributed by atoms with E-state index >= 15 is 0 Å². The van der Waals surface area contributed by atoms with Crippen LogP contribution in [-0.2, 0) is 0 Å². The molecule has 0 aliphatic carbocycles. The highest BCUT2D eigenvalue weighted by molar-refractivity contribution is 5.90. The Hall–Kier alpha value is -2.64. The molecule has 0 aliphatic heterocycles. The molecule has 0 saturated carbocycles. The highest BCUT2D eigenvalue weighted by atomic mass is 16.5. The molecule has 0 spiro atoms. The lowest BCUT2D eigenvalue weighted by Crippen LogP contribution is -2.21. The summed E-state index contributed by atoms with van der Waals surface area (Å²) in [6.45, 7) is -0.430. The molecule has 7 nitrogen and oxygen atoms in total. The molecule has 1 atom stereocenters. The first kappa shape index (κ1) is 15.7. The number of hydrogen-bond acceptors (Lipinski definition) is 7. The molecule has 116 valence electrons. The van der Waals surface area contributed by atoms with E-state index in [4.69, 9.17) is 26.7 Å². The third-order valence-corrected chi connectivity index (χ3v) is 3.03. The van der Waals surface area contributed by atoms with E-state index in [1.54, 1.807) is 24.3 Å². The van der Waals surface area contributed by atoms with Crippen molar-refractivity contribution in [1.82, 2.24) is 4.98 Å². The highest BCUT2D eigenvalue weighted by Crippen LogP contribution is 2.28. The quantitative estimate of drug-likeness (QED) is 0.492. The number of nitrogens with zero attached hydrogens (tertiary/aromatic N) is 1. The SMILES string of the molecule is N=C/C=C(\N)c1ccc2c(OCC(O)CO)cc(N)nc2c1. The second-order valence-electron chi connectivity index (χ2n) is 4.71. The van der Waals surface area contributed by atoms with Crippen LogP contribution in [0.5, 0.6) is 5.75 Å². The molecule has 1 aromatic heterocycles. The smallest absolute Gasteiger partial charge is 0.132 e. The summed E-state index contributed by atoms with van der Waals surface area (Å²) in [6.07, 6.45) is 1.62. The van der Waals surface area contributed by atoms with Crippen LogP contribution in [0, 0.1) is 5.41 Å². The van der Waals surface area contributed by atoms with Crippen molar-refractivity contribution in [3.8, 4) is 5.75 Å². The molecule has 7 N–H and O–H groups in total. The van der Waals surface area contributed by atoms with Gasteiger partial charge in [-0.2, -0.15) is 0 Å². The number of aliphatic hydroxyl groups is 2. The maximum Gasteiger partial charge on any atom is 0.132 e. The second kappa shape index (κ2) is 6.88. The zero-order valence-electron chi connectivity index (χ0n) is 11.9. The number of fused-ring (bicyclic) bond motifs is 1. The molecule has 0 radical (unpaired) electrons. The van der Waals surface area contributed by atoms with E-state index in [2.05, 4.69) is 4.98 Å². The normalized spacial score (nSPS) is 13.1. The maximum atomic E-state index is 9.37. The van der Waals surface area contributed by atoms with E-state index in [0.717, 1.165) is 11.8 Å². The summed E-state index contributed by atoms with van der Waals surface area (Å²) in [4.78, 5) is 4.23. The van der Waals surface area contributed by atoms with Crippen LogP contribution in [0.3, 0.4) is 0 Å². The van der Waals surface area contributed by atoms with Crippen molar-refractivity contribution in [2.75, 3.05) is 18.9 Å². The van der Waals surface area contributed by atoms with Crippen molar-refractivity contribution in [1.29, 1.82) is 5.41 Å². The van der Waals surface area contributed by atoms with Gasteiger partial charge in [-0.3, -0.25) is 0 Å². The minimum Gasteiger partial charge on any atom is -0.490 e. The first-order chi connectivity index (χ1) is 10.5. The van der Waals surface area contributed by atoms with Gasteiger partial charge in [-0.15, -0.1) is 0 Å². The maximum absolute atomic E-state index is 9.37. The van der Waals surface area contributed by atoms with Gasteiger partial charge in [0, 0.05) is 23.4 Å². The molecule has 0 aliphatic rings. The number of nitrogens with one attached hydrogen (secondary N) is 1. The van der Waals surface area contributed by atoms with Crippen LogP contribution >= 0.6 is 0 Å². The molecule has 0 fully saturated rings. The van der Waals surface area contributed by atoms with Gasteiger partial charge in [-0.1, -0.05) is 6.07 Å². The highest BCUT2D eigenvalue weighted by Gasteiger charge is 2.10. The molecule has 0 bridgehead atoms. The fourth-order valence-corrected chi connectivity index (χ4v) is 1.94. The number of pyridine rings is 1. The minimum absolute atomic E-state index is 0.0490. The summed E-state index contributed by atoms with van der Waals surface area (Å²) in [5, 5.41) is 26.0. The van der Waals surface area contributed by atoms with Crippen molar-refractivity contribution >= 4 is 28.6 Å². The van der Waals surface area contributed by atoms with Gasteiger partial charge in [0.25, 0.3) is 0 Å². The lowest BCUT2D eigenvalue weighted by Gasteiger charge is -2.13. The zero-order valence-corrected chi connectivity index (χ0v) is 11.9. The van der Waals surface area contributed by atoms with E-state index in [0.29, 0.717) is 22.3 Å². The Kier molecular flexibility index (Phi) is 4.92. The fourth-order valence-electron chi connectivity index (χ4n) is 1.94. The van der Waals surface area contributed by atoms with Crippen LogP contribution < -0.4 is 16.2 Å². The third kappa shape index (κ3) is 3.51. The van der Waals surface area contributed by atoms with Gasteiger partial charge in [0.15, 0.2) is 0 Å². The summed E-state index contributed by atoms with van der Waals surface area (Å²) in [5.41, 5.74) is 13.4. The van der Waals surface area contributed by atoms with Crippen LogP contribution in [-0.4, -0.2) is 40.7 Å². The van der Waals surface area contributed by atoms with Crippen molar-refractivity contribution < 1.29 is 14.9 Å². The first-order valence-electron chi connectivity index (χ1n) is 6.63. The van der Waals surface area contributed by atoms with E-state index < -0.39 is 6.10 Å². The van der Waals surface area contributed by atoms with E-state index in [1.807, 2.05) is 0 Å². The summed E-state index contributed by atoms with van der Waals surface area (Å²) < 4.78 is 5.49. The predicted molar refractivity (Wildman–Crippen MR) is 85.7 cm³/mol. The Morgan fingerprint density at radius 2 is 2.18 bits per heavy atom. The van der Waals surface area contributed by atoms with Crippen LogP contribution in [0.25, 0.3) is 16.6 Å². The van der Waals surface area contributed by atoms with Crippen molar-refractivity contribution in [3.63, 3.8) is 0 Å². The lowest BCUT2D eigenvalue weighted by molar-refractivity contribution is 0.0541. The van der Waals surface area contributed by atoms with Gasteiger partial charge >= 0.3 is 0 Å². The molecule has 22 heavy (non-hydrogen) atoms. The second-order valence-corrected chi connectivity index (χ2v) is 4.71.